The van der Waals surface area contributed by atoms with Crippen LogP contribution in [0.4, 0.5) is 0 Å². The van der Waals surface area contributed by atoms with Gasteiger partial charge in [0.05, 0.1) is 6.04 Å². The van der Waals surface area contributed by atoms with E-state index in [-0.39, 0.29) is 5.91 Å². The highest BCUT2D eigenvalue weighted by molar-refractivity contribution is 6.29. The van der Waals surface area contributed by atoms with Gasteiger partial charge in [0.15, 0.2) is 0 Å². The predicted molar refractivity (Wildman–Crippen MR) is 92.3 cm³/mol. The highest BCUT2D eigenvalue weighted by atomic mass is 35.5. The lowest BCUT2D eigenvalue weighted by Crippen LogP contribution is -2.46. The van der Waals surface area contributed by atoms with Crippen molar-refractivity contribution in [3.05, 3.63) is 40.7 Å². The van der Waals surface area contributed by atoms with Crippen molar-refractivity contribution in [2.45, 2.75) is 45.2 Å². The van der Waals surface area contributed by atoms with Gasteiger partial charge in [0.25, 0.3) is 0 Å². The molecular weight excluding hydrogens is 310 g/mol. The molecule has 5 heteroatoms. The summed E-state index contributed by atoms with van der Waals surface area (Å²) in [6.07, 6.45) is 8.70. The first kappa shape index (κ1) is 16.5. The summed E-state index contributed by atoms with van der Waals surface area (Å²) in [5, 5.41) is 0.535. The van der Waals surface area contributed by atoms with Crippen molar-refractivity contribution in [1.29, 1.82) is 0 Å². The number of piperidine rings is 1. The van der Waals surface area contributed by atoms with Gasteiger partial charge in [0.2, 0.25) is 5.91 Å². The highest BCUT2D eigenvalue weighted by Crippen LogP contribution is 2.26. The monoisotopic (exact) mass is 333 g/mol. The molecule has 1 aromatic rings. The van der Waals surface area contributed by atoms with Crippen molar-refractivity contribution >= 4 is 17.5 Å². The van der Waals surface area contributed by atoms with Gasteiger partial charge in [-0.05, 0) is 42.9 Å². The molecule has 1 fully saturated rings. The number of hydrogen-bond acceptors (Lipinski definition) is 3. The van der Waals surface area contributed by atoms with E-state index >= 15 is 0 Å². The molecular formula is C18H24ClN3O. The quantitative estimate of drug-likeness (QED) is 0.629. The average Bonchev–Trinajstić information content (AvgIpc) is 2.57. The molecule has 1 aromatic heterocycles. The predicted octanol–water partition coefficient (Wildman–Crippen LogP) is 3.27. The summed E-state index contributed by atoms with van der Waals surface area (Å²) < 4.78 is 0. The molecule has 23 heavy (non-hydrogen) atoms. The minimum Gasteiger partial charge on any atom is -0.336 e. The molecule has 0 radical (unpaired) electrons. The standard InChI is InChI=1S/C18H24ClN3O/c1-14(23)22-10-3-2-6-17(22)16-5-4-9-21(13-16)12-15-7-8-18(19)20-11-15/h5,7-8,11,17H,2-4,6,9-10,12-13H2,1H3/t17-/m0/s1. The summed E-state index contributed by atoms with van der Waals surface area (Å²) >= 11 is 5.85. The third-order valence-electron chi connectivity index (χ3n) is 4.79. The molecule has 0 aliphatic carbocycles. The second-order valence-corrected chi connectivity index (χ2v) is 6.88. The van der Waals surface area contributed by atoms with E-state index in [2.05, 4.69) is 20.9 Å². The van der Waals surface area contributed by atoms with E-state index in [9.17, 15) is 4.79 Å². The van der Waals surface area contributed by atoms with Gasteiger partial charge in [-0.1, -0.05) is 23.7 Å². The van der Waals surface area contributed by atoms with Crippen LogP contribution in [0.15, 0.2) is 30.0 Å². The Morgan fingerprint density at radius 3 is 2.96 bits per heavy atom. The zero-order chi connectivity index (χ0) is 16.2. The van der Waals surface area contributed by atoms with Crippen molar-refractivity contribution in [3.63, 3.8) is 0 Å². The number of pyridine rings is 1. The second kappa shape index (κ2) is 7.45. The summed E-state index contributed by atoms with van der Waals surface area (Å²) in [6.45, 7) is 5.47. The minimum absolute atomic E-state index is 0.203. The third kappa shape index (κ3) is 4.12. The van der Waals surface area contributed by atoms with Crippen LogP contribution in [0.2, 0.25) is 5.15 Å². The number of hydrogen-bond donors (Lipinski definition) is 0. The number of aromatic nitrogens is 1. The van der Waals surface area contributed by atoms with Gasteiger partial charge < -0.3 is 4.90 Å². The topological polar surface area (TPSA) is 36.4 Å². The number of amides is 1. The number of carbonyl (C=O) groups is 1. The molecule has 1 saturated heterocycles. The Morgan fingerprint density at radius 2 is 2.22 bits per heavy atom. The summed E-state index contributed by atoms with van der Waals surface area (Å²) in [5.74, 6) is 0.203. The first-order valence-electron chi connectivity index (χ1n) is 8.42. The Kier molecular flexibility index (Phi) is 5.34. The average molecular weight is 334 g/mol. The lowest BCUT2D eigenvalue weighted by molar-refractivity contribution is -0.131. The molecule has 0 bridgehead atoms. The maximum absolute atomic E-state index is 11.9. The number of nitrogens with zero attached hydrogens (tertiary/aromatic N) is 3. The molecule has 4 nitrogen and oxygen atoms in total. The first-order chi connectivity index (χ1) is 11.1. The van der Waals surface area contributed by atoms with Crippen LogP contribution in [0.3, 0.4) is 0 Å². The molecule has 0 aromatic carbocycles. The van der Waals surface area contributed by atoms with Crippen LogP contribution in [-0.2, 0) is 11.3 Å². The van der Waals surface area contributed by atoms with Gasteiger partial charge in [0, 0.05) is 39.3 Å². The lowest BCUT2D eigenvalue weighted by Gasteiger charge is -2.40. The summed E-state index contributed by atoms with van der Waals surface area (Å²) in [7, 11) is 0. The van der Waals surface area contributed by atoms with Gasteiger partial charge in [-0.2, -0.15) is 0 Å². The van der Waals surface area contributed by atoms with Crippen molar-refractivity contribution < 1.29 is 4.79 Å². The molecule has 3 heterocycles. The maximum Gasteiger partial charge on any atom is 0.219 e. The van der Waals surface area contributed by atoms with E-state index in [1.807, 2.05) is 18.3 Å². The SMILES string of the molecule is CC(=O)N1CCCC[C@H]1C1=CCCN(Cc2ccc(Cl)nc2)C1. The zero-order valence-corrected chi connectivity index (χ0v) is 14.4. The smallest absolute Gasteiger partial charge is 0.219 e. The molecule has 2 aliphatic rings. The van der Waals surface area contributed by atoms with Crippen molar-refractivity contribution in [2.24, 2.45) is 0 Å². The maximum atomic E-state index is 11.9. The number of halogens is 1. The number of likely N-dealkylation sites (tertiary alicyclic amines) is 1. The van der Waals surface area contributed by atoms with E-state index in [0.717, 1.165) is 45.4 Å². The van der Waals surface area contributed by atoms with E-state index in [4.69, 9.17) is 11.6 Å². The van der Waals surface area contributed by atoms with E-state index in [1.165, 1.54) is 17.6 Å². The van der Waals surface area contributed by atoms with Crippen molar-refractivity contribution in [2.75, 3.05) is 19.6 Å². The third-order valence-corrected chi connectivity index (χ3v) is 5.01. The van der Waals surface area contributed by atoms with Crippen molar-refractivity contribution in [3.8, 4) is 0 Å². The van der Waals surface area contributed by atoms with Crippen LogP contribution in [0.1, 0.15) is 38.2 Å². The normalized spacial score (nSPS) is 22.8. The number of rotatable bonds is 3. The Bertz CT molecular complexity index is 584. The number of carbonyl (C=O) groups excluding carboxylic acids is 1. The van der Waals surface area contributed by atoms with Crippen LogP contribution in [0.5, 0.6) is 0 Å². The van der Waals surface area contributed by atoms with Crippen LogP contribution < -0.4 is 0 Å². The molecule has 1 atom stereocenters. The zero-order valence-electron chi connectivity index (χ0n) is 13.7. The lowest BCUT2D eigenvalue weighted by atomic mass is 9.92. The Balaban J connectivity index is 1.66. The molecule has 124 valence electrons. The largest absolute Gasteiger partial charge is 0.336 e. The second-order valence-electron chi connectivity index (χ2n) is 6.49. The van der Waals surface area contributed by atoms with Gasteiger partial charge in [-0.3, -0.25) is 9.69 Å². The van der Waals surface area contributed by atoms with Crippen LogP contribution in [-0.4, -0.2) is 46.4 Å². The minimum atomic E-state index is 0.203. The fraction of sp³-hybridized carbons (Fsp3) is 0.556. The van der Waals surface area contributed by atoms with Gasteiger partial charge >= 0.3 is 0 Å². The molecule has 0 N–H and O–H groups in total. The van der Waals surface area contributed by atoms with E-state index in [0.29, 0.717) is 11.2 Å². The summed E-state index contributed by atoms with van der Waals surface area (Å²) in [5.41, 5.74) is 2.59. The van der Waals surface area contributed by atoms with E-state index < -0.39 is 0 Å². The van der Waals surface area contributed by atoms with Crippen LogP contribution in [0, 0.1) is 0 Å². The molecule has 0 unspecified atom stereocenters. The van der Waals surface area contributed by atoms with Gasteiger partial charge in [0.1, 0.15) is 5.15 Å². The molecule has 2 aliphatic heterocycles. The fourth-order valence-electron chi connectivity index (χ4n) is 3.66. The van der Waals surface area contributed by atoms with Gasteiger partial charge in [-0.15, -0.1) is 0 Å². The molecule has 0 spiro atoms. The molecule has 0 saturated carbocycles. The van der Waals surface area contributed by atoms with Crippen LogP contribution >= 0.6 is 11.6 Å². The van der Waals surface area contributed by atoms with Crippen molar-refractivity contribution in [1.82, 2.24) is 14.8 Å². The van der Waals surface area contributed by atoms with Crippen LogP contribution in [0.25, 0.3) is 0 Å². The Hall–Kier alpha value is -1.39. The van der Waals surface area contributed by atoms with Gasteiger partial charge in [-0.25, -0.2) is 4.98 Å². The summed E-state index contributed by atoms with van der Waals surface area (Å²) in [6, 6.07) is 4.18. The summed E-state index contributed by atoms with van der Waals surface area (Å²) in [4.78, 5) is 20.6. The Labute approximate surface area is 143 Å². The Morgan fingerprint density at radius 1 is 1.35 bits per heavy atom. The molecule has 3 rings (SSSR count). The molecule has 1 amide bonds. The van der Waals surface area contributed by atoms with E-state index in [1.54, 1.807) is 6.92 Å². The fourth-order valence-corrected chi connectivity index (χ4v) is 3.77. The highest BCUT2D eigenvalue weighted by Gasteiger charge is 2.29. The first-order valence-corrected chi connectivity index (χ1v) is 8.80.